The Morgan fingerprint density at radius 3 is 2.69 bits per heavy atom. The van der Waals surface area contributed by atoms with Crippen LogP contribution < -0.4 is 10.6 Å². The van der Waals surface area contributed by atoms with Crippen LogP contribution in [0, 0.1) is 13.8 Å². The Morgan fingerprint density at radius 2 is 2.06 bits per heavy atom. The van der Waals surface area contributed by atoms with Crippen LogP contribution in [0.25, 0.3) is 0 Å². The average Bonchev–Trinajstić information content (AvgIpc) is 2.76. The molecule has 0 atom stereocenters. The molecule has 3 nitrogen and oxygen atoms in total. The van der Waals surface area contributed by atoms with Gasteiger partial charge in [-0.15, -0.1) is 0 Å². The zero-order chi connectivity index (χ0) is 11.7. The lowest BCUT2D eigenvalue weighted by Gasteiger charge is -2.14. The molecule has 86 valence electrons. The van der Waals surface area contributed by atoms with Gasteiger partial charge >= 0.3 is 0 Å². The summed E-state index contributed by atoms with van der Waals surface area (Å²) in [6, 6.07) is 1.83. The molecule has 1 aliphatic heterocycles. The first-order chi connectivity index (χ1) is 7.59. The molecule has 0 radical (unpaired) electrons. The zero-order valence-electron chi connectivity index (χ0n) is 9.19. The fourth-order valence-corrected chi connectivity index (χ4v) is 2.03. The molecule has 0 saturated heterocycles. The molecule has 16 heavy (non-hydrogen) atoms. The van der Waals surface area contributed by atoms with Crippen LogP contribution in [0.2, 0.25) is 10.0 Å². The van der Waals surface area contributed by atoms with Gasteiger partial charge in [0, 0.05) is 12.2 Å². The van der Waals surface area contributed by atoms with E-state index in [2.05, 4.69) is 15.6 Å². The topological polar surface area (TPSA) is 36.4 Å². The quantitative estimate of drug-likeness (QED) is 0.812. The largest absolute Gasteiger partial charge is 0.354 e. The fraction of sp³-hybridized carbons (Fsp3) is 0.364. The first-order valence-corrected chi connectivity index (χ1v) is 5.85. The van der Waals surface area contributed by atoms with Crippen molar-refractivity contribution >= 4 is 34.8 Å². The summed E-state index contributed by atoms with van der Waals surface area (Å²) in [5, 5.41) is 7.54. The Labute approximate surface area is 105 Å². The van der Waals surface area contributed by atoms with Crippen molar-refractivity contribution in [3.8, 4) is 0 Å². The van der Waals surface area contributed by atoms with Crippen molar-refractivity contribution < 1.29 is 0 Å². The summed E-state index contributed by atoms with van der Waals surface area (Å²) in [6.07, 6.45) is 0. The van der Waals surface area contributed by atoms with Gasteiger partial charge in [-0.3, -0.25) is 4.99 Å². The highest BCUT2D eigenvalue weighted by Crippen LogP contribution is 2.33. The van der Waals surface area contributed by atoms with Crippen LogP contribution in [0.15, 0.2) is 11.1 Å². The molecule has 0 fully saturated rings. The smallest absolute Gasteiger partial charge is 0.195 e. The molecule has 0 bridgehead atoms. The standard InChI is InChI=1S/C11H13Cl2N3/c1-6-7(2)10(13)8(12)5-9(6)16-11-14-3-4-15-11/h5H,3-4H2,1-2H3,(H2,14,15,16). The van der Waals surface area contributed by atoms with Gasteiger partial charge in [0.1, 0.15) is 0 Å². The summed E-state index contributed by atoms with van der Waals surface area (Å²) >= 11 is 12.1. The highest BCUT2D eigenvalue weighted by Gasteiger charge is 2.12. The van der Waals surface area contributed by atoms with Crippen LogP contribution >= 0.6 is 23.2 Å². The number of anilines is 1. The van der Waals surface area contributed by atoms with E-state index in [4.69, 9.17) is 23.2 Å². The van der Waals surface area contributed by atoms with E-state index in [1.807, 2.05) is 19.9 Å². The second kappa shape index (κ2) is 4.52. The second-order valence-electron chi connectivity index (χ2n) is 3.75. The van der Waals surface area contributed by atoms with Gasteiger partial charge in [0.05, 0.1) is 16.6 Å². The third kappa shape index (κ3) is 2.11. The van der Waals surface area contributed by atoms with Crippen molar-refractivity contribution in [3.63, 3.8) is 0 Å². The van der Waals surface area contributed by atoms with E-state index in [1.165, 1.54) is 0 Å². The zero-order valence-corrected chi connectivity index (χ0v) is 10.7. The van der Waals surface area contributed by atoms with Crippen LogP contribution in [-0.4, -0.2) is 19.0 Å². The molecule has 0 saturated carbocycles. The van der Waals surface area contributed by atoms with E-state index in [9.17, 15) is 0 Å². The molecule has 2 rings (SSSR count). The van der Waals surface area contributed by atoms with E-state index < -0.39 is 0 Å². The Kier molecular flexibility index (Phi) is 3.26. The van der Waals surface area contributed by atoms with E-state index in [1.54, 1.807) is 0 Å². The van der Waals surface area contributed by atoms with Crippen molar-refractivity contribution in [2.45, 2.75) is 13.8 Å². The number of benzene rings is 1. The van der Waals surface area contributed by atoms with Gasteiger partial charge in [-0.25, -0.2) is 0 Å². The van der Waals surface area contributed by atoms with Crippen molar-refractivity contribution in [3.05, 3.63) is 27.2 Å². The lowest BCUT2D eigenvalue weighted by atomic mass is 10.1. The first kappa shape index (κ1) is 11.6. The molecule has 1 aromatic carbocycles. The van der Waals surface area contributed by atoms with E-state index in [0.717, 1.165) is 35.9 Å². The molecule has 0 aromatic heterocycles. The third-order valence-corrected chi connectivity index (χ3v) is 3.59. The third-order valence-electron chi connectivity index (χ3n) is 2.70. The minimum absolute atomic E-state index is 0.561. The predicted molar refractivity (Wildman–Crippen MR) is 69.9 cm³/mol. The van der Waals surface area contributed by atoms with E-state index >= 15 is 0 Å². The van der Waals surface area contributed by atoms with Crippen molar-refractivity contribution in [1.82, 2.24) is 5.32 Å². The van der Waals surface area contributed by atoms with Gasteiger partial charge in [0.25, 0.3) is 0 Å². The maximum Gasteiger partial charge on any atom is 0.195 e. The summed E-state index contributed by atoms with van der Waals surface area (Å²) in [7, 11) is 0. The molecule has 0 amide bonds. The molecule has 1 aliphatic rings. The van der Waals surface area contributed by atoms with Crippen molar-refractivity contribution in [2.24, 2.45) is 4.99 Å². The first-order valence-electron chi connectivity index (χ1n) is 5.10. The van der Waals surface area contributed by atoms with Crippen molar-refractivity contribution in [1.29, 1.82) is 0 Å². The van der Waals surface area contributed by atoms with Gasteiger partial charge in [-0.05, 0) is 31.0 Å². The van der Waals surface area contributed by atoms with Gasteiger partial charge in [-0.2, -0.15) is 0 Å². The van der Waals surface area contributed by atoms with Crippen LogP contribution in [0.3, 0.4) is 0 Å². The van der Waals surface area contributed by atoms with Gasteiger partial charge in [0.15, 0.2) is 5.96 Å². The maximum atomic E-state index is 6.07. The number of hydrogen-bond acceptors (Lipinski definition) is 3. The fourth-order valence-electron chi connectivity index (χ4n) is 1.58. The highest BCUT2D eigenvalue weighted by atomic mass is 35.5. The monoisotopic (exact) mass is 257 g/mol. The maximum absolute atomic E-state index is 6.07. The number of halogens is 2. The Hall–Kier alpha value is -0.930. The summed E-state index contributed by atoms with van der Waals surface area (Å²) in [5.41, 5.74) is 3.03. The molecule has 0 aliphatic carbocycles. The number of hydrogen-bond donors (Lipinski definition) is 2. The number of nitrogens with one attached hydrogen (secondary N) is 2. The van der Waals surface area contributed by atoms with Gasteiger partial charge in [0.2, 0.25) is 0 Å². The lowest BCUT2D eigenvalue weighted by molar-refractivity contribution is 0.959. The minimum Gasteiger partial charge on any atom is -0.354 e. The van der Waals surface area contributed by atoms with Crippen LogP contribution in [0.4, 0.5) is 5.69 Å². The number of nitrogens with zero attached hydrogens (tertiary/aromatic N) is 1. The van der Waals surface area contributed by atoms with Crippen LogP contribution in [-0.2, 0) is 0 Å². The SMILES string of the molecule is Cc1c(NC2=NCCN2)cc(Cl)c(Cl)c1C. The summed E-state index contributed by atoms with van der Waals surface area (Å²) < 4.78 is 0. The van der Waals surface area contributed by atoms with Crippen LogP contribution in [0.5, 0.6) is 0 Å². The van der Waals surface area contributed by atoms with Gasteiger partial charge in [-0.1, -0.05) is 23.2 Å². The molecular formula is C11H13Cl2N3. The van der Waals surface area contributed by atoms with E-state index in [0.29, 0.717) is 10.0 Å². The molecule has 1 heterocycles. The van der Waals surface area contributed by atoms with Gasteiger partial charge < -0.3 is 10.6 Å². The van der Waals surface area contributed by atoms with E-state index in [-0.39, 0.29) is 0 Å². The molecule has 1 aromatic rings. The number of rotatable bonds is 1. The lowest BCUT2D eigenvalue weighted by Crippen LogP contribution is -2.26. The Balaban J connectivity index is 2.34. The highest BCUT2D eigenvalue weighted by molar-refractivity contribution is 6.42. The average molecular weight is 258 g/mol. The molecule has 0 unspecified atom stereocenters. The summed E-state index contributed by atoms with van der Waals surface area (Å²) in [4.78, 5) is 4.27. The molecule has 2 N–H and O–H groups in total. The Morgan fingerprint density at radius 1 is 1.31 bits per heavy atom. The predicted octanol–water partition coefficient (Wildman–Crippen LogP) is 2.98. The molecular weight excluding hydrogens is 245 g/mol. The number of aliphatic imine (C=N–C) groups is 1. The summed E-state index contributed by atoms with van der Waals surface area (Å²) in [6.45, 7) is 5.65. The Bertz CT molecular complexity index is 455. The molecule has 5 heteroatoms. The summed E-state index contributed by atoms with van der Waals surface area (Å²) in [5.74, 6) is 0.792. The van der Waals surface area contributed by atoms with Crippen LogP contribution in [0.1, 0.15) is 11.1 Å². The molecule has 0 spiro atoms. The second-order valence-corrected chi connectivity index (χ2v) is 4.54. The van der Waals surface area contributed by atoms with Crippen molar-refractivity contribution in [2.75, 3.05) is 18.4 Å². The number of guanidine groups is 1. The minimum atomic E-state index is 0.561. The normalized spacial score (nSPS) is 14.6.